The molecule has 1 rings (SSSR count). The van der Waals surface area contributed by atoms with Gasteiger partial charge in [0.1, 0.15) is 5.82 Å². The van der Waals surface area contributed by atoms with Crippen LogP contribution in [-0.4, -0.2) is 0 Å². The number of halogens is 4. The van der Waals surface area contributed by atoms with Crippen molar-refractivity contribution in [2.75, 3.05) is 0 Å². The van der Waals surface area contributed by atoms with Crippen molar-refractivity contribution in [1.29, 1.82) is 0 Å². The quantitative estimate of drug-likeness (QED) is 0.795. The van der Waals surface area contributed by atoms with Crippen LogP contribution in [0.25, 0.3) is 0 Å². The summed E-state index contributed by atoms with van der Waals surface area (Å²) in [4.78, 5) is 0. The van der Waals surface area contributed by atoms with Crippen molar-refractivity contribution in [2.24, 2.45) is 5.73 Å². The van der Waals surface area contributed by atoms with Crippen molar-refractivity contribution in [3.8, 4) is 0 Å². The third-order valence-electron chi connectivity index (χ3n) is 2.32. The highest BCUT2D eigenvalue weighted by atomic mass is 19.4. The number of nitrogens with two attached hydrogens (primary N) is 1. The Balaban J connectivity index is 3.18. The van der Waals surface area contributed by atoms with Gasteiger partial charge < -0.3 is 5.73 Å². The van der Waals surface area contributed by atoms with Gasteiger partial charge in [0.2, 0.25) is 0 Å². The third-order valence-corrected chi connectivity index (χ3v) is 2.32. The summed E-state index contributed by atoms with van der Waals surface area (Å²) in [7, 11) is 0. The molecule has 5 heteroatoms. The molecule has 0 aliphatic heterocycles. The number of benzene rings is 1. The molecule has 0 bridgehead atoms. The number of alkyl halides is 3. The van der Waals surface area contributed by atoms with E-state index in [4.69, 9.17) is 5.73 Å². The van der Waals surface area contributed by atoms with Crippen LogP contribution in [-0.2, 0) is 6.18 Å². The van der Waals surface area contributed by atoms with E-state index in [0.717, 1.165) is 18.2 Å². The molecule has 2 N–H and O–H groups in total. The zero-order valence-corrected chi connectivity index (χ0v) is 8.81. The molecule has 1 aromatic rings. The molecule has 0 aromatic heterocycles. The summed E-state index contributed by atoms with van der Waals surface area (Å²) in [6.07, 6.45) is -3.45. The predicted molar refractivity (Wildman–Crippen MR) is 53.2 cm³/mol. The minimum absolute atomic E-state index is 0.172. The van der Waals surface area contributed by atoms with Gasteiger partial charge >= 0.3 is 6.18 Å². The monoisotopic (exact) mass is 235 g/mol. The molecular weight excluding hydrogens is 222 g/mol. The van der Waals surface area contributed by atoms with E-state index in [1.165, 1.54) is 0 Å². The van der Waals surface area contributed by atoms with Crippen LogP contribution in [0, 0.1) is 5.82 Å². The average molecular weight is 235 g/mol. The summed E-state index contributed by atoms with van der Waals surface area (Å²) < 4.78 is 50.7. The van der Waals surface area contributed by atoms with Crippen LogP contribution in [0.4, 0.5) is 17.6 Å². The molecule has 0 heterocycles. The highest BCUT2D eigenvalue weighted by molar-refractivity contribution is 5.32. The second-order valence-electron chi connectivity index (χ2n) is 3.62. The van der Waals surface area contributed by atoms with Gasteiger partial charge in [-0.1, -0.05) is 13.3 Å². The van der Waals surface area contributed by atoms with E-state index in [-0.39, 0.29) is 5.56 Å². The van der Waals surface area contributed by atoms with E-state index in [0.29, 0.717) is 12.8 Å². The van der Waals surface area contributed by atoms with Crippen LogP contribution >= 0.6 is 0 Å². The van der Waals surface area contributed by atoms with Gasteiger partial charge in [-0.2, -0.15) is 13.2 Å². The van der Waals surface area contributed by atoms with Crippen molar-refractivity contribution in [3.63, 3.8) is 0 Å². The summed E-state index contributed by atoms with van der Waals surface area (Å²) in [5, 5.41) is 0. The van der Waals surface area contributed by atoms with Crippen LogP contribution in [0.1, 0.15) is 36.9 Å². The first-order valence-corrected chi connectivity index (χ1v) is 4.98. The Hall–Kier alpha value is -1.10. The number of hydrogen-bond acceptors (Lipinski definition) is 1. The van der Waals surface area contributed by atoms with Crippen LogP contribution in [0.5, 0.6) is 0 Å². The lowest BCUT2D eigenvalue weighted by Gasteiger charge is -2.17. The number of hydrogen-bond donors (Lipinski definition) is 1. The van der Waals surface area contributed by atoms with Crippen molar-refractivity contribution in [2.45, 2.75) is 32.0 Å². The fourth-order valence-corrected chi connectivity index (χ4v) is 1.57. The van der Waals surface area contributed by atoms with Crippen LogP contribution in [0.3, 0.4) is 0 Å². The largest absolute Gasteiger partial charge is 0.416 e. The number of rotatable bonds is 3. The van der Waals surface area contributed by atoms with Crippen molar-refractivity contribution in [1.82, 2.24) is 0 Å². The molecule has 0 amide bonds. The summed E-state index contributed by atoms with van der Waals surface area (Å²) in [6.45, 7) is 1.81. The lowest BCUT2D eigenvalue weighted by Crippen LogP contribution is -2.17. The maximum atomic E-state index is 12.9. The van der Waals surface area contributed by atoms with Gasteiger partial charge in [0.25, 0.3) is 0 Å². The lowest BCUT2D eigenvalue weighted by molar-refractivity contribution is -0.138. The molecule has 0 spiro atoms. The topological polar surface area (TPSA) is 26.0 Å². The standard InChI is InChI=1S/C11H13F4N/c1-2-3-10(16)8-6-7(12)4-5-9(8)11(13,14)15/h4-6,10H,2-3,16H2,1H3. The molecule has 90 valence electrons. The molecule has 0 fully saturated rings. The van der Waals surface area contributed by atoms with E-state index in [1.807, 2.05) is 6.92 Å². The van der Waals surface area contributed by atoms with Crippen LogP contribution in [0.2, 0.25) is 0 Å². The minimum Gasteiger partial charge on any atom is -0.324 e. The molecule has 0 radical (unpaired) electrons. The second kappa shape index (κ2) is 4.82. The molecule has 1 unspecified atom stereocenters. The van der Waals surface area contributed by atoms with Crippen molar-refractivity contribution in [3.05, 3.63) is 35.1 Å². The van der Waals surface area contributed by atoms with E-state index < -0.39 is 23.6 Å². The summed E-state index contributed by atoms with van der Waals surface area (Å²) >= 11 is 0. The fourth-order valence-electron chi connectivity index (χ4n) is 1.57. The maximum Gasteiger partial charge on any atom is 0.416 e. The Bertz CT molecular complexity index is 359. The SMILES string of the molecule is CCCC(N)c1cc(F)ccc1C(F)(F)F. The van der Waals surface area contributed by atoms with Gasteiger partial charge in [-0.25, -0.2) is 4.39 Å². The lowest BCUT2D eigenvalue weighted by atomic mass is 9.97. The highest BCUT2D eigenvalue weighted by Crippen LogP contribution is 2.35. The Labute approximate surface area is 91.3 Å². The fraction of sp³-hybridized carbons (Fsp3) is 0.455. The zero-order chi connectivity index (χ0) is 12.3. The molecule has 1 aromatic carbocycles. The van der Waals surface area contributed by atoms with Gasteiger partial charge in [-0.05, 0) is 30.2 Å². The minimum atomic E-state index is -4.49. The first-order chi connectivity index (χ1) is 7.36. The van der Waals surface area contributed by atoms with Crippen LogP contribution in [0.15, 0.2) is 18.2 Å². The predicted octanol–water partition coefficient (Wildman–Crippen LogP) is 3.64. The second-order valence-corrected chi connectivity index (χ2v) is 3.62. The average Bonchev–Trinajstić information content (AvgIpc) is 2.16. The van der Waals surface area contributed by atoms with E-state index >= 15 is 0 Å². The molecular formula is C11H13F4N. The first-order valence-electron chi connectivity index (χ1n) is 4.98. The summed E-state index contributed by atoms with van der Waals surface area (Å²) in [6, 6.07) is 1.62. The van der Waals surface area contributed by atoms with E-state index in [9.17, 15) is 17.6 Å². The zero-order valence-electron chi connectivity index (χ0n) is 8.81. The van der Waals surface area contributed by atoms with Crippen LogP contribution < -0.4 is 5.73 Å². The first kappa shape index (κ1) is 13.0. The third kappa shape index (κ3) is 2.95. The molecule has 16 heavy (non-hydrogen) atoms. The Morgan fingerprint density at radius 1 is 1.31 bits per heavy atom. The van der Waals surface area contributed by atoms with Gasteiger partial charge in [0.15, 0.2) is 0 Å². The molecule has 0 aliphatic carbocycles. The Morgan fingerprint density at radius 2 is 1.94 bits per heavy atom. The van der Waals surface area contributed by atoms with E-state index in [2.05, 4.69) is 0 Å². The molecule has 1 nitrogen and oxygen atoms in total. The Kier molecular flexibility index (Phi) is 3.91. The molecule has 0 saturated carbocycles. The smallest absolute Gasteiger partial charge is 0.324 e. The van der Waals surface area contributed by atoms with Crippen molar-refractivity contribution >= 4 is 0 Å². The molecule has 0 saturated heterocycles. The van der Waals surface area contributed by atoms with Gasteiger partial charge in [-0.15, -0.1) is 0 Å². The maximum absolute atomic E-state index is 12.9. The van der Waals surface area contributed by atoms with Crippen molar-refractivity contribution < 1.29 is 17.6 Å². The normalized spacial score (nSPS) is 13.9. The summed E-state index contributed by atoms with van der Waals surface area (Å²) in [5.41, 5.74) is 4.58. The van der Waals surface area contributed by atoms with Gasteiger partial charge in [-0.3, -0.25) is 0 Å². The highest BCUT2D eigenvalue weighted by Gasteiger charge is 2.34. The Morgan fingerprint density at radius 3 is 2.44 bits per heavy atom. The van der Waals surface area contributed by atoms with E-state index in [1.54, 1.807) is 0 Å². The molecule has 1 atom stereocenters. The van der Waals surface area contributed by atoms with Gasteiger partial charge in [0, 0.05) is 6.04 Å². The summed E-state index contributed by atoms with van der Waals surface area (Å²) in [5.74, 6) is -0.699. The molecule has 0 aliphatic rings. The van der Waals surface area contributed by atoms with Gasteiger partial charge in [0.05, 0.1) is 5.56 Å².